The molecule has 0 saturated carbocycles. The number of hydrogen-bond acceptors (Lipinski definition) is 1. The van der Waals surface area contributed by atoms with Gasteiger partial charge in [0.05, 0.1) is 11.3 Å². The summed E-state index contributed by atoms with van der Waals surface area (Å²) in [6.07, 6.45) is -0.674. The molecule has 5 heteroatoms. The zero-order valence-corrected chi connectivity index (χ0v) is 15.2. The van der Waals surface area contributed by atoms with E-state index in [1.165, 1.54) is 12.1 Å². The SMILES string of the molecule is FC(F)(F)c1ccc(/C(=C2\C=Nc3ccccc32)c2c[nH]c3ccccc23)cc1. The summed E-state index contributed by atoms with van der Waals surface area (Å²) >= 11 is 0. The number of H-pyrrole nitrogens is 1. The van der Waals surface area contributed by atoms with Crippen molar-refractivity contribution < 1.29 is 13.2 Å². The molecule has 0 unspecified atom stereocenters. The normalized spacial score (nSPS) is 15.0. The van der Waals surface area contributed by atoms with E-state index in [4.69, 9.17) is 0 Å². The maximum atomic E-state index is 13.1. The Morgan fingerprint density at radius 1 is 0.828 bits per heavy atom. The van der Waals surface area contributed by atoms with Crippen molar-refractivity contribution in [2.45, 2.75) is 6.18 Å². The van der Waals surface area contributed by atoms with Crippen LogP contribution in [0.1, 0.15) is 22.3 Å². The van der Waals surface area contributed by atoms with Gasteiger partial charge in [-0.25, -0.2) is 0 Å². The fourth-order valence-electron chi connectivity index (χ4n) is 3.78. The minimum atomic E-state index is -4.37. The highest BCUT2D eigenvalue weighted by Crippen LogP contribution is 2.41. The van der Waals surface area contributed by atoms with Gasteiger partial charge in [-0.05, 0) is 29.8 Å². The van der Waals surface area contributed by atoms with Crippen LogP contribution in [0.5, 0.6) is 0 Å². The molecule has 1 aromatic heterocycles. The Balaban J connectivity index is 1.78. The van der Waals surface area contributed by atoms with Crippen LogP contribution < -0.4 is 0 Å². The monoisotopic (exact) mass is 388 g/mol. The first-order valence-electron chi connectivity index (χ1n) is 9.14. The lowest BCUT2D eigenvalue weighted by molar-refractivity contribution is -0.137. The summed E-state index contributed by atoms with van der Waals surface area (Å²) in [5, 5.41) is 1.01. The topological polar surface area (TPSA) is 28.1 Å². The van der Waals surface area contributed by atoms with Gasteiger partial charge >= 0.3 is 6.18 Å². The molecule has 0 atom stereocenters. The molecule has 0 bridgehead atoms. The van der Waals surface area contributed by atoms with Gasteiger partial charge in [-0.2, -0.15) is 13.2 Å². The first-order valence-corrected chi connectivity index (χ1v) is 9.14. The molecule has 0 radical (unpaired) electrons. The third kappa shape index (κ3) is 2.95. The number of benzene rings is 3. The number of rotatable bonds is 2. The molecule has 0 spiro atoms. The van der Waals surface area contributed by atoms with Crippen LogP contribution in [0.15, 0.2) is 84.0 Å². The minimum absolute atomic E-state index is 0.662. The van der Waals surface area contributed by atoms with Gasteiger partial charge in [0, 0.05) is 45.6 Å². The summed E-state index contributed by atoms with van der Waals surface area (Å²) in [5.41, 5.74) is 5.51. The van der Waals surface area contributed by atoms with E-state index in [1.807, 2.05) is 54.7 Å². The number of alkyl halides is 3. The second-order valence-electron chi connectivity index (χ2n) is 6.89. The van der Waals surface area contributed by atoms with Crippen LogP contribution in [0, 0.1) is 0 Å². The molecular weight excluding hydrogens is 373 g/mol. The average molecular weight is 388 g/mol. The molecule has 0 aliphatic carbocycles. The summed E-state index contributed by atoms with van der Waals surface area (Å²) in [6, 6.07) is 21.0. The molecule has 0 saturated heterocycles. The summed E-state index contributed by atoms with van der Waals surface area (Å²) in [5.74, 6) is 0. The maximum absolute atomic E-state index is 13.1. The largest absolute Gasteiger partial charge is 0.416 e. The van der Waals surface area contributed by atoms with Gasteiger partial charge in [-0.1, -0.05) is 48.5 Å². The van der Waals surface area contributed by atoms with Crippen LogP contribution in [0.3, 0.4) is 0 Å². The van der Waals surface area contributed by atoms with E-state index in [1.54, 1.807) is 6.21 Å². The molecule has 142 valence electrons. The Hall–Kier alpha value is -3.60. The molecule has 1 aliphatic rings. The predicted octanol–water partition coefficient (Wildman–Crippen LogP) is 6.86. The number of fused-ring (bicyclic) bond motifs is 2. The second kappa shape index (κ2) is 6.48. The number of halogens is 3. The zero-order chi connectivity index (χ0) is 20.0. The van der Waals surface area contributed by atoms with Crippen molar-refractivity contribution in [3.05, 3.63) is 101 Å². The number of nitrogens with zero attached hydrogens (tertiary/aromatic N) is 1. The predicted molar refractivity (Wildman–Crippen MR) is 110 cm³/mol. The van der Waals surface area contributed by atoms with Crippen LogP contribution in [-0.4, -0.2) is 11.2 Å². The van der Waals surface area contributed by atoms with E-state index in [0.29, 0.717) is 5.56 Å². The fourth-order valence-corrected chi connectivity index (χ4v) is 3.78. The minimum Gasteiger partial charge on any atom is -0.361 e. The Morgan fingerprint density at radius 2 is 1.55 bits per heavy atom. The highest BCUT2D eigenvalue weighted by atomic mass is 19.4. The summed E-state index contributed by atoms with van der Waals surface area (Å²) in [4.78, 5) is 7.76. The van der Waals surface area contributed by atoms with Crippen molar-refractivity contribution in [3.63, 3.8) is 0 Å². The molecule has 4 aromatic rings. The number of allylic oxidation sites excluding steroid dienone is 1. The number of hydrogen-bond donors (Lipinski definition) is 1. The lowest BCUT2D eigenvalue weighted by Gasteiger charge is -2.13. The van der Waals surface area contributed by atoms with Crippen LogP contribution in [-0.2, 0) is 6.18 Å². The summed E-state index contributed by atoms with van der Waals surface area (Å²) < 4.78 is 39.2. The molecule has 2 nitrogen and oxygen atoms in total. The van der Waals surface area contributed by atoms with Gasteiger partial charge in [-0.15, -0.1) is 0 Å². The Kier molecular flexibility index (Phi) is 3.91. The van der Waals surface area contributed by atoms with Crippen molar-refractivity contribution in [1.29, 1.82) is 0 Å². The Labute approximate surface area is 165 Å². The van der Waals surface area contributed by atoms with Crippen molar-refractivity contribution in [1.82, 2.24) is 4.98 Å². The second-order valence-corrected chi connectivity index (χ2v) is 6.89. The van der Waals surface area contributed by atoms with E-state index < -0.39 is 11.7 Å². The van der Waals surface area contributed by atoms with Crippen molar-refractivity contribution >= 4 is 34.0 Å². The van der Waals surface area contributed by atoms with Crippen molar-refractivity contribution in [2.24, 2.45) is 4.99 Å². The lowest BCUT2D eigenvalue weighted by atomic mass is 9.89. The van der Waals surface area contributed by atoms with E-state index in [-0.39, 0.29) is 0 Å². The molecule has 0 amide bonds. The summed E-state index contributed by atoms with van der Waals surface area (Å²) in [6.45, 7) is 0. The smallest absolute Gasteiger partial charge is 0.361 e. The van der Waals surface area contributed by atoms with Gasteiger partial charge < -0.3 is 4.98 Å². The number of nitrogens with one attached hydrogen (secondary N) is 1. The molecule has 0 fully saturated rings. The Morgan fingerprint density at radius 3 is 2.34 bits per heavy atom. The van der Waals surface area contributed by atoms with E-state index >= 15 is 0 Å². The van der Waals surface area contributed by atoms with Crippen molar-refractivity contribution in [2.75, 3.05) is 0 Å². The fraction of sp³-hybridized carbons (Fsp3) is 0.0417. The number of aromatic nitrogens is 1. The number of para-hydroxylation sites is 2. The van der Waals surface area contributed by atoms with Gasteiger partial charge in [0.2, 0.25) is 0 Å². The molecular formula is C24H15F3N2. The van der Waals surface area contributed by atoms with E-state index in [0.717, 1.165) is 51.0 Å². The summed E-state index contributed by atoms with van der Waals surface area (Å²) in [7, 11) is 0. The van der Waals surface area contributed by atoms with E-state index in [9.17, 15) is 13.2 Å². The van der Waals surface area contributed by atoms with Crippen molar-refractivity contribution in [3.8, 4) is 0 Å². The zero-order valence-electron chi connectivity index (χ0n) is 15.2. The van der Waals surface area contributed by atoms with Crippen LogP contribution in [0.2, 0.25) is 0 Å². The third-order valence-corrected chi connectivity index (χ3v) is 5.16. The standard InChI is InChI=1S/C24H15F3N2/c25-24(26,27)16-11-9-15(10-12-16)23(19-13-28-21-7-3-1-5-17(19)21)20-14-29-22-8-4-2-6-18(20)22/h1-14,28H/b23-20-. The highest BCUT2D eigenvalue weighted by Gasteiger charge is 2.30. The van der Waals surface area contributed by atoms with Crippen LogP contribution >= 0.6 is 0 Å². The third-order valence-electron chi connectivity index (χ3n) is 5.16. The highest BCUT2D eigenvalue weighted by molar-refractivity contribution is 6.27. The number of aliphatic imine (C=N–C) groups is 1. The molecule has 3 aromatic carbocycles. The molecule has 1 aliphatic heterocycles. The lowest BCUT2D eigenvalue weighted by Crippen LogP contribution is -2.04. The quantitative estimate of drug-likeness (QED) is 0.388. The molecule has 2 heterocycles. The molecule has 29 heavy (non-hydrogen) atoms. The van der Waals surface area contributed by atoms with Crippen LogP contribution in [0.4, 0.5) is 18.9 Å². The van der Waals surface area contributed by atoms with Gasteiger partial charge in [0.1, 0.15) is 0 Å². The van der Waals surface area contributed by atoms with Crippen LogP contribution in [0.25, 0.3) is 22.0 Å². The van der Waals surface area contributed by atoms with Gasteiger partial charge in [0.15, 0.2) is 0 Å². The first-order chi connectivity index (χ1) is 14.0. The first kappa shape index (κ1) is 17.5. The van der Waals surface area contributed by atoms with Gasteiger partial charge in [-0.3, -0.25) is 4.99 Å². The maximum Gasteiger partial charge on any atom is 0.416 e. The number of aromatic amines is 1. The van der Waals surface area contributed by atoms with Gasteiger partial charge in [0.25, 0.3) is 0 Å². The average Bonchev–Trinajstić information content (AvgIpc) is 3.34. The van der Waals surface area contributed by atoms with E-state index in [2.05, 4.69) is 9.98 Å². The molecule has 5 rings (SSSR count). The molecule has 1 N–H and O–H groups in total. The Bertz CT molecular complexity index is 1280.